The van der Waals surface area contributed by atoms with Gasteiger partial charge in [0, 0.05) is 5.56 Å². The average Bonchev–Trinajstić information content (AvgIpc) is 3.34. The summed E-state index contributed by atoms with van der Waals surface area (Å²) in [6.45, 7) is 1.70. The Labute approximate surface area is 162 Å². The van der Waals surface area contributed by atoms with Crippen molar-refractivity contribution >= 4 is 38.7 Å². The molecule has 4 rings (SSSR count). The molecule has 3 aromatic heterocycles. The predicted molar refractivity (Wildman–Crippen MR) is 107 cm³/mol. The van der Waals surface area contributed by atoms with Crippen LogP contribution < -0.4 is 10.3 Å². The molecule has 0 aliphatic heterocycles. The summed E-state index contributed by atoms with van der Waals surface area (Å²) in [5.74, 6) is 0.373. The van der Waals surface area contributed by atoms with E-state index in [2.05, 4.69) is 10.1 Å². The van der Waals surface area contributed by atoms with Gasteiger partial charge in [-0.05, 0) is 30.5 Å². The summed E-state index contributed by atoms with van der Waals surface area (Å²) in [6, 6.07) is 10.7. The summed E-state index contributed by atoms with van der Waals surface area (Å²) in [5, 5.41) is 7.24. The SMILES string of the molecule is COc1cccc(C(=O)Cn2nc(-c3cccs3)c3sc(C)nc3c2=O)c1. The van der Waals surface area contributed by atoms with Crippen molar-refractivity contribution < 1.29 is 9.53 Å². The van der Waals surface area contributed by atoms with Crippen LogP contribution in [-0.4, -0.2) is 27.7 Å². The topological polar surface area (TPSA) is 74.1 Å². The summed E-state index contributed by atoms with van der Waals surface area (Å²) in [4.78, 5) is 30.8. The second kappa shape index (κ2) is 7.05. The van der Waals surface area contributed by atoms with Crippen molar-refractivity contribution in [3.8, 4) is 16.3 Å². The Hall–Kier alpha value is -2.84. The van der Waals surface area contributed by atoms with Crippen molar-refractivity contribution in [3.05, 3.63) is 62.7 Å². The van der Waals surface area contributed by atoms with Crippen LogP contribution in [0.3, 0.4) is 0 Å². The summed E-state index contributed by atoms with van der Waals surface area (Å²) in [6.07, 6.45) is 0. The van der Waals surface area contributed by atoms with Gasteiger partial charge in [-0.1, -0.05) is 18.2 Å². The van der Waals surface area contributed by atoms with E-state index >= 15 is 0 Å². The van der Waals surface area contributed by atoms with Crippen LogP contribution in [0.2, 0.25) is 0 Å². The lowest BCUT2D eigenvalue weighted by molar-refractivity contribution is 0.0966. The minimum absolute atomic E-state index is 0.156. The first kappa shape index (κ1) is 17.6. The highest BCUT2D eigenvalue weighted by Crippen LogP contribution is 2.32. The van der Waals surface area contributed by atoms with Crippen molar-refractivity contribution in [2.45, 2.75) is 13.5 Å². The van der Waals surface area contributed by atoms with Gasteiger partial charge in [0.1, 0.15) is 18.0 Å². The molecule has 4 aromatic rings. The second-order valence-corrected chi connectivity index (χ2v) is 8.01. The first-order valence-corrected chi connectivity index (χ1v) is 9.86. The Morgan fingerprint density at radius 2 is 2.11 bits per heavy atom. The lowest BCUT2D eigenvalue weighted by atomic mass is 10.1. The molecular formula is C19H15N3O3S2. The third-order valence-electron chi connectivity index (χ3n) is 4.05. The number of carbonyl (C=O) groups is 1. The van der Waals surface area contributed by atoms with Gasteiger partial charge in [-0.3, -0.25) is 9.59 Å². The van der Waals surface area contributed by atoms with E-state index in [0.29, 0.717) is 22.5 Å². The summed E-state index contributed by atoms with van der Waals surface area (Å²) < 4.78 is 7.13. The predicted octanol–water partition coefficient (Wildman–Crippen LogP) is 3.78. The molecule has 0 fully saturated rings. The van der Waals surface area contributed by atoms with Crippen molar-refractivity contribution in [2.24, 2.45) is 0 Å². The zero-order valence-corrected chi connectivity index (χ0v) is 16.3. The number of aromatic nitrogens is 3. The van der Waals surface area contributed by atoms with E-state index in [1.165, 1.54) is 27.4 Å². The molecule has 0 unspecified atom stereocenters. The van der Waals surface area contributed by atoms with E-state index in [9.17, 15) is 9.59 Å². The van der Waals surface area contributed by atoms with Crippen LogP contribution in [0.25, 0.3) is 20.8 Å². The number of thiazole rings is 1. The van der Waals surface area contributed by atoms with E-state index < -0.39 is 0 Å². The van der Waals surface area contributed by atoms with Crippen LogP contribution in [0.4, 0.5) is 0 Å². The van der Waals surface area contributed by atoms with Gasteiger partial charge in [0.25, 0.3) is 5.56 Å². The molecule has 0 amide bonds. The number of methoxy groups -OCH3 is 1. The van der Waals surface area contributed by atoms with Gasteiger partial charge in [0.15, 0.2) is 11.3 Å². The van der Waals surface area contributed by atoms with E-state index in [4.69, 9.17) is 4.74 Å². The molecule has 136 valence electrons. The summed E-state index contributed by atoms with van der Waals surface area (Å²) in [5.41, 5.74) is 1.15. The highest BCUT2D eigenvalue weighted by Gasteiger charge is 2.19. The van der Waals surface area contributed by atoms with Gasteiger partial charge in [-0.25, -0.2) is 9.67 Å². The molecule has 0 bridgehead atoms. The number of carbonyl (C=O) groups excluding carboxylic acids is 1. The van der Waals surface area contributed by atoms with Crippen molar-refractivity contribution in [1.82, 2.24) is 14.8 Å². The Morgan fingerprint density at radius 3 is 2.85 bits per heavy atom. The molecule has 0 aliphatic carbocycles. The Bertz CT molecular complexity index is 1190. The van der Waals surface area contributed by atoms with E-state index in [-0.39, 0.29) is 17.9 Å². The van der Waals surface area contributed by atoms with Crippen molar-refractivity contribution in [1.29, 1.82) is 0 Å². The molecule has 8 heteroatoms. The number of hydrogen-bond acceptors (Lipinski definition) is 7. The van der Waals surface area contributed by atoms with Gasteiger partial charge < -0.3 is 4.74 Å². The average molecular weight is 397 g/mol. The summed E-state index contributed by atoms with van der Waals surface area (Å²) in [7, 11) is 1.54. The zero-order valence-electron chi connectivity index (χ0n) is 14.6. The molecule has 0 atom stereocenters. The molecule has 6 nitrogen and oxygen atoms in total. The first-order valence-electron chi connectivity index (χ1n) is 8.16. The number of ether oxygens (including phenoxy) is 1. The van der Waals surface area contributed by atoms with E-state index in [1.54, 1.807) is 31.4 Å². The van der Waals surface area contributed by atoms with Crippen LogP contribution in [-0.2, 0) is 6.54 Å². The smallest absolute Gasteiger partial charge is 0.294 e. The molecule has 27 heavy (non-hydrogen) atoms. The zero-order chi connectivity index (χ0) is 19.0. The second-order valence-electron chi connectivity index (χ2n) is 5.85. The van der Waals surface area contributed by atoms with Crippen LogP contribution >= 0.6 is 22.7 Å². The normalized spacial score (nSPS) is 11.0. The van der Waals surface area contributed by atoms with Crippen LogP contribution in [0.15, 0.2) is 46.6 Å². The summed E-state index contributed by atoms with van der Waals surface area (Å²) >= 11 is 2.97. The molecular weight excluding hydrogens is 382 g/mol. The molecule has 0 aliphatic rings. The van der Waals surface area contributed by atoms with Gasteiger partial charge in [-0.15, -0.1) is 22.7 Å². The maximum absolute atomic E-state index is 12.8. The number of benzene rings is 1. The minimum Gasteiger partial charge on any atom is -0.497 e. The molecule has 0 saturated carbocycles. The fourth-order valence-electron chi connectivity index (χ4n) is 2.77. The van der Waals surface area contributed by atoms with Crippen LogP contribution in [0, 0.1) is 6.92 Å². The van der Waals surface area contributed by atoms with E-state index in [0.717, 1.165) is 14.6 Å². The third-order valence-corrected chi connectivity index (χ3v) is 5.90. The van der Waals surface area contributed by atoms with Gasteiger partial charge in [-0.2, -0.15) is 5.10 Å². The number of hydrogen-bond donors (Lipinski definition) is 0. The lowest BCUT2D eigenvalue weighted by Gasteiger charge is -2.08. The number of ketones is 1. The van der Waals surface area contributed by atoms with Crippen molar-refractivity contribution in [3.63, 3.8) is 0 Å². The van der Waals surface area contributed by atoms with Gasteiger partial charge in [0.05, 0.1) is 21.7 Å². The number of Topliss-reactive ketones (excluding diaryl/α,β-unsaturated/α-hetero) is 1. The molecule has 0 spiro atoms. The molecule has 0 N–H and O–H groups in total. The molecule has 1 aromatic carbocycles. The molecule has 0 radical (unpaired) electrons. The number of aryl methyl sites for hydroxylation is 1. The molecule has 0 saturated heterocycles. The monoisotopic (exact) mass is 397 g/mol. The van der Waals surface area contributed by atoms with Crippen LogP contribution in [0.5, 0.6) is 5.75 Å². The quantitative estimate of drug-likeness (QED) is 0.479. The molecule has 3 heterocycles. The third kappa shape index (κ3) is 3.29. The standard InChI is InChI=1S/C19H15N3O3S2/c1-11-20-17-18(27-11)16(15-7-4-8-26-15)21-22(19(17)24)10-14(23)12-5-3-6-13(9-12)25-2/h3-9H,10H2,1-2H3. The van der Waals surface area contributed by atoms with Gasteiger partial charge in [0.2, 0.25) is 0 Å². The maximum Gasteiger partial charge on any atom is 0.294 e. The Kier molecular flexibility index (Phi) is 4.59. The van der Waals surface area contributed by atoms with Gasteiger partial charge >= 0.3 is 0 Å². The maximum atomic E-state index is 12.8. The first-order chi connectivity index (χ1) is 13.1. The lowest BCUT2D eigenvalue weighted by Crippen LogP contribution is -2.27. The largest absolute Gasteiger partial charge is 0.497 e. The van der Waals surface area contributed by atoms with E-state index in [1.807, 2.05) is 24.4 Å². The Morgan fingerprint density at radius 1 is 1.26 bits per heavy atom. The number of fused-ring (bicyclic) bond motifs is 1. The van der Waals surface area contributed by atoms with Crippen molar-refractivity contribution in [2.75, 3.05) is 7.11 Å². The Balaban J connectivity index is 1.81. The fourth-order valence-corrected chi connectivity index (χ4v) is 4.46. The number of nitrogens with zero attached hydrogens (tertiary/aromatic N) is 3. The van der Waals surface area contributed by atoms with Crippen LogP contribution in [0.1, 0.15) is 15.4 Å². The highest BCUT2D eigenvalue weighted by atomic mass is 32.1. The highest BCUT2D eigenvalue weighted by molar-refractivity contribution is 7.20. The number of rotatable bonds is 5. The number of thiophene rings is 1. The fraction of sp³-hybridized carbons (Fsp3) is 0.158. The minimum atomic E-state index is -0.356.